The molecule has 2 fully saturated rings. The van der Waals surface area contributed by atoms with Crippen LogP contribution in [0, 0.1) is 37.0 Å². The smallest absolute Gasteiger partial charge is 0.277 e. The van der Waals surface area contributed by atoms with Gasteiger partial charge in [0.25, 0.3) is 43.2 Å². The average Bonchev–Trinajstić information content (AvgIpc) is 0.913. The molecular formula is C86H90Cl2N12O14S2. The normalized spacial score (nSPS) is 18.4. The molecule has 0 unspecified atom stereocenters. The first-order valence-electron chi connectivity index (χ1n) is 38.9. The Labute approximate surface area is 682 Å². The van der Waals surface area contributed by atoms with Crippen molar-refractivity contribution in [3.05, 3.63) is 233 Å². The number of aromatic nitrogens is 4. The highest BCUT2D eigenvalue weighted by Crippen LogP contribution is 2.47. The van der Waals surface area contributed by atoms with Crippen LogP contribution in [-0.2, 0) is 32.9 Å². The molecule has 0 radical (unpaired) electrons. The third kappa shape index (κ3) is 18.2. The van der Waals surface area contributed by atoms with Gasteiger partial charge in [-0.3, -0.25) is 39.6 Å². The third-order valence-corrected chi connectivity index (χ3v) is 25.8. The van der Waals surface area contributed by atoms with Gasteiger partial charge < -0.3 is 38.7 Å². The fourth-order valence-corrected chi connectivity index (χ4v) is 18.5. The molecule has 604 valence electrons. The number of amides is 2. The number of fused-ring (bicyclic) bond motifs is 4. The van der Waals surface area contributed by atoms with Gasteiger partial charge >= 0.3 is 0 Å². The van der Waals surface area contributed by atoms with E-state index in [4.69, 9.17) is 42.1 Å². The fourth-order valence-electron chi connectivity index (χ4n) is 16.2. The summed E-state index contributed by atoms with van der Waals surface area (Å²) in [6.07, 6.45) is 14.0. The lowest BCUT2D eigenvalue weighted by atomic mass is 9.72. The third-order valence-electron chi connectivity index (χ3n) is 22.7. The molecule has 4 aromatic heterocycles. The molecule has 4 aliphatic heterocycles. The number of nitro benzene ring substituents is 2. The zero-order chi connectivity index (χ0) is 81.5. The molecule has 6 aromatic carbocycles. The number of pyridine rings is 2. The molecule has 0 bridgehead atoms. The van der Waals surface area contributed by atoms with Crippen molar-refractivity contribution in [2.24, 2.45) is 16.7 Å². The Balaban J connectivity index is 0.000000182. The van der Waals surface area contributed by atoms with Crippen LogP contribution in [0.3, 0.4) is 0 Å². The van der Waals surface area contributed by atoms with Gasteiger partial charge in [-0.15, -0.1) is 0 Å². The summed E-state index contributed by atoms with van der Waals surface area (Å²) in [6, 6.07) is 38.1. The second-order valence-electron chi connectivity index (χ2n) is 32.4. The first-order valence-corrected chi connectivity index (χ1v) is 42.6. The van der Waals surface area contributed by atoms with E-state index in [1.54, 1.807) is 55.7 Å². The number of nitro groups is 2. The summed E-state index contributed by atoms with van der Waals surface area (Å²) in [5.41, 5.74) is 11.4. The fraction of sp³-hybridized carbons (Fsp3) is 0.349. The Hall–Kier alpha value is -10.9. The van der Waals surface area contributed by atoms with Gasteiger partial charge in [0, 0.05) is 146 Å². The van der Waals surface area contributed by atoms with E-state index in [2.05, 4.69) is 101 Å². The first kappa shape index (κ1) is 80.3. The van der Waals surface area contributed by atoms with E-state index < -0.39 is 51.5 Å². The molecule has 16 rings (SSSR count). The minimum atomic E-state index is -4.59. The average molecular weight is 1650 g/mol. The van der Waals surface area contributed by atoms with E-state index in [1.807, 2.05) is 43.3 Å². The minimum absolute atomic E-state index is 0.0211. The first-order chi connectivity index (χ1) is 55.4. The van der Waals surface area contributed by atoms with E-state index in [0.717, 1.165) is 148 Å². The number of halogens is 2. The lowest BCUT2D eigenvalue weighted by Gasteiger charge is -2.39. The minimum Gasteiger partial charge on any atom is -0.493 e. The predicted molar refractivity (Wildman–Crippen MR) is 447 cm³/mol. The molecule has 2 aliphatic carbocycles. The molecule has 6 aliphatic rings. The highest BCUT2D eigenvalue weighted by molar-refractivity contribution is 7.90. The number of piperazine rings is 2. The summed E-state index contributed by atoms with van der Waals surface area (Å²) < 4.78 is 83.0. The van der Waals surface area contributed by atoms with Gasteiger partial charge in [0.2, 0.25) is 0 Å². The van der Waals surface area contributed by atoms with Crippen LogP contribution in [-0.4, -0.2) is 146 Å². The van der Waals surface area contributed by atoms with Crippen molar-refractivity contribution in [3.63, 3.8) is 0 Å². The van der Waals surface area contributed by atoms with Crippen molar-refractivity contribution in [1.29, 1.82) is 0 Å². The number of H-pyrrole nitrogens is 2. The standard InChI is InChI=1S/2C43H45ClN6O7S/c1-27-4-10-35-38(50(52)53)22-34(23-40(35)56-27)58(54,55)47-42(51)36-11-9-32(21-39(36)57-33-20-29-13-15-45-41(29)46-25-33)49-18-16-48(17-19-49)26-30-12-14-43(2,3)24-37(30)28-5-7-31(44)8-6-28;1-27-18-36-38(50(52)53)21-34(22-39(36)56-26-27)58(54,55)47-42(51)35-9-8-32(20-40(35)57-33-19-29-11-13-45-41(29)46-24-33)49-16-14-48(15-17-49)25-30-10-12-43(2,3)23-37(30)28-4-6-31(44)7-5-28/h5-9,11,13,15,20-23,25,27H,4,10,12,14,16-19,24,26H2,1-3H3,(H,45,46)(H,47,51);4-9,11,13,19-22,24,27H,10,12,14-18,23,25-26H2,1-3H3,(H,45,46)(H,47,51)/t2*27-/m00/s1. The summed E-state index contributed by atoms with van der Waals surface area (Å²) in [6.45, 7) is 21.3. The Morgan fingerprint density at radius 1 is 0.569 bits per heavy atom. The number of rotatable bonds is 20. The number of carbonyl (C=O) groups excluding carboxylic acids is 2. The maximum atomic E-state index is 13.9. The van der Waals surface area contributed by atoms with E-state index in [0.29, 0.717) is 53.2 Å². The van der Waals surface area contributed by atoms with Gasteiger partial charge in [0.15, 0.2) is 0 Å². The van der Waals surface area contributed by atoms with E-state index in [-0.39, 0.29) is 75.0 Å². The monoisotopic (exact) mass is 1650 g/mol. The largest absolute Gasteiger partial charge is 0.493 e. The number of aromatic amines is 2. The molecule has 4 N–H and O–H groups in total. The Morgan fingerprint density at radius 2 is 1.01 bits per heavy atom. The number of anilines is 2. The summed E-state index contributed by atoms with van der Waals surface area (Å²) in [4.78, 5) is 73.9. The molecule has 0 spiro atoms. The Morgan fingerprint density at radius 3 is 1.46 bits per heavy atom. The molecule has 116 heavy (non-hydrogen) atoms. The molecule has 26 nitrogen and oxygen atoms in total. The van der Waals surface area contributed by atoms with Crippen LogP contribution in [0.5, 0.6) is 34.5 Å². The summed E-state index contributed by atoms with van der Waals surface area (Å²) >= 11 is 12.5. The van der Waals surface area contributed by atoms with Crippen molar-refractivity contribution < 1.29 is 55.2 Å². The molecule has 0 saturated carbocycles. The van der Waals surface area contributed by atoms with Crippen molar-refractivity contribution in [3.8, 4) is 34.5 Å². The molecular weight excluding hydrogens is 1560 g/mol. The number of nitrogens with zero attached hydrogens (tertiary/aromatic N) is 8. The van der Waals surface area contributed by atoms with Crippen LogP contribution in [0.2, 0.25) is 10.0 Å². The van der Waals surface area contributed by atoms with Crippen molar-refractivity contribution in [2.45, 2.75) is 115 Å². The quantitative estimate of drug-likeness (QED) is 0.0407. The number of hydrogen-bond donors (Lipinski definition) is 4. The number of hydrogen-bond acceptors (Lipinski definition) is 20. The number of allylic oxidation sites excluding steroid dienone is 2. The number of sulfonamides is 2. The highest BCUT2D eigenvalue weighted by Gasteiger charge is 2.37. The van der Waals surface area contributed by atoms with Crippen molar-refractivity contribution in [2.75, 3.05) is 81.9 Å². The SMILES string of the molecule is C[C@@H]1COc2cc(S(=O)(=O)NC(=O)c3ccc(N4CCN(CC5=C(c6ccc(Cl)cc6)CC(C)(C)CC5)CC4)cc3Oc3cnc4[nH]ccc4c3)cc([N+](=O)[O-])c2C1.C[C@H]1CCc2c(cc(S(=O)(=O)NC(=O)c3ccc(N4CCN(CC5=C(c6ccc(Cl)cc6)CC(C)(C)CC5)CC4)cc3Oc3cnc4[nH]ccc4c3)cc2[N+](=O)[O-])O1. The van der Waals surface area contributed by atoms with Crippen LogP contribution in [0.1, 0.15) is 129 Å². The number of nitrogens with one attached hydrogen (secondary N) is 4. The zero-order valence-corrected chi connectivity index (χ0v) is 68.3. The maximum absolute atomic E-state index is 13.9. The number of carbonyl (C=O) groups is 2. The highest BCUT2D eigenvalue weighted by atomic mass is 35.5. The summed E-state index contributed by atoms with van der Waals surface area (Å²) in [7, 11) is -9.17. The van der Waals surface area contributed by atoms with Gasteiger partial charge in [-0.1, -0.05) is 93.2 Å². The van der Waals surface area contributed by atoms with E-state index >= 15 is 0 Å². The predicted octanol–water partition coefficient (Wildman–Crippen LogP) is 16.9. The van der Waals surface area contributed by atoms with Gasteiger partial charge in [-0.05, 0) is 177 Å². The van der Waals surface area contributed by atoms with Crippen LogP contribution < -0.4 is 38.2 Å². The van der Waals surface area contributed by atoms with Gasteiger partial charge in [-0.25, -0.2) is 36.2 Å². The summed E-state index contributed by atoms with van der Waals surface area (Å²) in [5, 5.41) is 27.0. The Bertz CT molecular complexity index is 5800. The summed E-state index contributed by atoms with van der Waals surface area (Å²) in [5.74, 6) is -0.722. The van der Waals surface area contributed by atoms with Gasteiger partial charge in [0.05, 0.1) is 67.0 Å². The van der Waals surface area contributed by atoms with Crippen molar-refractivity contribution >= 4 is 111 Å². The second-order valence-corrected chi connectivity index (χ2v) is 36.7. The topological polar surface area (TPSA) is 320 Å². The molecule has 2 atom stereocenters. The lowest BCUT2D eigenvalue weighted by Crippen LogP contribution is -2.47. The van der Waals surface area contributed by atoms with Gasteiger partial charge in [0.1, 0.15) is 45.8 Å². The van der Waals surface area contributed by atoms with E-state index in [1.165, 1.54) is 70.1 Å². The second kappa shape index (κ2) is 33.0. The number of benzene rings is 6. The number of ether oxygens (including phenoxy) is 4. The van der Waals surface area contributed by atoms with Crippen LogP contribution >= 0.6 is 23.2 Å². The molecule has 2 saturated heterocycles. The lowest BCUT2D eigenvalue weighted by molar-refractivity contribution is -0.386. The maximum Gasteiger partial charge on any atom is 0.277 e. The molecule has 8 heterocycles. The zero-order valence-electron chi connectivity index (χ0n) is 65.2. The van der Waals surface area contributed by atoms with Crippen molar-refractivity contribution in [1.82, 2.24) is 39.2 Å². The molecule has 10 aromatic rings. The van der Waals surface area contributed by atoms with Crippen LogP contribution in [0.4, 0.5) is 22.7 Å². The van der Waals surface area contributed by atoms with E-state index in [9.17, 15) is 46.7 Å². The van der Waals surface area contributed by atoms with Gasteiger partial charge in [-0.2, -0.15) is 0 Å². The van der Waals surface area contributed by atoms with Crippen LogP contribution in [0.25, 0.3) is 33.2 Å². The van der Waals surface area contributed by atoms with Crippen LogP contribution in [0.15, 0.2) is 179 Å². The molecule has 30 heteroatoms. The molecule has 2 amide bonds. The Kier molecular flexibility index (Phi) is 22.9.